The predicted octanol–water partition coefficient (Wildman–Crippen LogP) is 1.27. The molecule has 6 nitrogen and oxygen atoms in total. The Bertz CT molecular complexity index is 599. The Morgan fingerprint density at radius 1 is 1.17 bits per heavy atom. The van der Waals surface area contributed by atoms with Gasteiger partial charge in [-0.3, -0.25) is 0 Å². The lowest BCUT2D eigenvalue weighted by molar-refractivity contribution is 0.0697. The number of carbonyl (C=O) groups is 1. The third-order valence-corrected chi connectivity index (χ3v) is 2.51. The molecule has 1 heterocycles. The Morgan fingerprint density at radius 3 is 2.33 bits per heavy atom. The summed E-state index contributed by atoms with van der Waals surface area (Å²) in [5, 5.41) is 20.3. The summed E-state index contributed by atoms with van der Waals surface area (Å²) in [5.74, 6) is -0.942. The molecule has 2 aromatic rings. The number of carboxylic acids is 1. The number of oxime groups is 1. The van der Waals surface area contributed by atoms with E-state index in [1.54, 1.807) is 35.0 Å². The molecule has 0 aliphatic rings. The first-order valence-electron chi connectivity index (χ1n) is 5.11. The molecular formula is C12H11N3O3. The summed E-state index contributed by atoms with van der Waals surface area (Å²) in [7, 11) is 0. The first-order chi connectivity index (χ1) is 8.61. The van der Waals surface area contributed by atoms with Crippen molar-refractivity contribution >= 4 is 11.8 Å². The van der Waals surface area contributed by atoms with E-state index in [0.717, 1.165) is 5.69 Å². The Hall–Kier alpha value is -2.76. The van der Waals surface area contributed by atoms with Crippen LogP contribution in [0.5, 0.6) is 0 Å². The molecule has 92 valence electrons. The van der Waals surface area contributed by atoms with Crippen LogP contribution in [0.2, 0.25) is 0 Å². The molecular weight excluding hydrogens is 234 g/mol. The second-order valence-corrected chi connectivity index (χ2v) is 3.64. The highest BCUT2D eigenvalue weighted by molar-refractivity contribution is 5.97. The van der Waals surface area contributed by atoms with Crippen LogP contribution in [0, 0.1) is 0 Å². The molecule has 0 saturated heterocycles. The highest BCUT2D eigenvalue weighted by atomic mass is 16.4. The third kappa shape index (κ3) is 2.17. The molecule has 6 heteroatoms. The Balaban J connectivity index is 2.31. The van der Waals surface area contributed by atoms with Gasteiger partial charge in [-0.1, -0.05) is 5.16 Å². The molecule has 1 aromatic heterocycles. The summed E-state index contributed by atoms with van der Waals surface area (Å²) in [6.45, 7) is 0. The largest absolute Gasteiger partial charge is 0.478 e. The average Bonchev–Trinajstić information content (AvgIpc) is 2.88. The molecule has 0 saturated carbocycles. The van der Waals surface area contributed by atoms with E-state index in [0.29, 0.717) is 5.56 Å². The Labute approximate surface area is 103 Å². The molecule has 0 unspecified atom stereocenters. The van der Waals surface area contributed by atoms with Crippen LogP contribution in [0.4, 0.5) is 0 Å². The van der Waals surface area contributed by atoms with Gasteiger partial charge in [0.25, 0.3) is 0 Å². The molecule has 0 aliphatic carbocycles. The van der Waals surface area contributed by atoms with E-state index >= 15 is 0 Å². The van der Waals surface area contributed by atoms with Gasteiger partial charge >= 0.3 is 5.97 Å². The fourth-order valence-corrected chi connectivity index (χ4v) is 1.55. The van der Waals surface area contributed by atoms with Crippen LogP contribution < -0.4 is 5.73 Å². The van der Waals surface area contributed by atoms with Crippen molar-refractivity contribution in [3.05, 3.63) is 53.9 Å². The third-order valence-electron chi connectivity index (χ3n) is 2.51. The van der Waals surface area contributed by atoms with E-state index in [9.17, 15) is 4.79 Å². The number of nitrogens with zero attached hydrogens (tertiary/aromatic N) is 2. The molecule has 0 spiro atoms. The molecule has 0 amide bonds. The lowest BCUT2D eigenvalue weighted by Crippen LogP contribution is -2.12. The van der Waals surface area contributed by atoms with Crippen molar-refractivity contribution in [2.24, 2.45) is 10.9 Å². The molecule has 18 heavy (non-hydrogen) atoms. The van der Waals surface area contributed by atoms with Gasteiger partial charge in [-0.15, -0.1) is 0 Å². The number of aromatic nitrogens is 1. The van der Waals surface area contributed by atoms with Gasteiger partial charge in [-0.2, -0.15) is 0 Å². The summed E-state index contributed by atoms with van der Waals surface area (Å²) >= 11 is 0. The van der Waals surface area contributed by atoms with Gasteiger partial charge in [0, 0.05) is 23.6 Å². The zero-order chi connectivity index (χ0) is 13.1. The fraction of sp³-hybridized carbons (Fsp3) is 0. The summed E-state index contributed by atoms with van der Waals surface area (Å²) in [6, 6.07) is 8.38. The molecule has 1 aromatic carbocycles. The quantitative estimate of drug-likeness (QED) is 0.328. The minimum absolute atomic E-state index is 0.0280. The highest BCUT2D eigenvalue weighted by Crippen LogP contribution is 2.12. The summed E-state index contributed by atoms with van der Waals surface area (Å²) in [4.78, 5) is 10.8. The summed E-state index contributed by atoms with van der Waals surface area (Å²) in [6.07, 6.45) is 3.17. The normalized spacial score (nSPS) is 11.4. The minimum atomic E-state index is -0.970. The smallest absolute Gasteiger partial charge is 0.337 e. The van der Waals surface area contributed by atoms with Crippen LogP contribution in [0.1, 0.15) is 15.9 Å². The van der Waals surface area contributed by atoms with Crippen molar-refractivity contribution < 1.29 is 15.1 Å². The van der Waals surface area contributed by atoms with Crippen molar-refractivity contribution in [2.45, 2.75) is 0 Å². The Kier molecular flexibility index (Phi) is 3.01. The Morgan fingerprint density at radius 2 is 1.83 bits per heavy atom. The number of amidine groups is 1. The molecule has 0 fully saturated rings. The predicted molar refractivity (Wildman–Crippen MR) is 65.2 cm³/mol. The number of benzene rings is 1. The van der Waals surface area contributed by atoms with Crippen molar-refractivity contribution in [3.63, 3.8) is 0 Å². The van der Waals surface area contributed by atoms with Crippen LogP contribution in [0.25, 0.3) is 5.69 Å². The van der Waals surface area contributed by atoms with Crippen molar-refractivity contribution in [1.82, 2.24) is 4.57 Å². The zero-order valence-corrected chi connectivity index (χ0v) is 9.32. The number of rotatable bonds is 3. The van der Waals surface area contributed by atoms with Gasteiger partial charge < -0.3 is 20.6 Å². The first-order valence-corrected chi connectivity index (χ1v) is 5.11. The van der Waals surface area contributed by atoms with E-state index in [-0.39, 0.29) is 11.4 Å². The van der Waals surface area contributed by atoms with E-state index in [1.165, 1.54) is 12.3 Å². The maximum absolute atomic E-state index is 10.8. The zero-order valence-electron chi connectivity index (χ0n) is 9.32. The molecule has 0 radical (unpaired) electrons. The van der Waals surface area contributed by atoms with E-state index in [4.69, 9.17) is 16.0 Å². The molecule has 4 N–H and O–H groups in total. The molecule has 0 bridgehead atoms. The van der Waals surface area contributed by atoms with Crippen LogP contribution in [0.3, 0.4) is 0 Å². The first kappa shape index (κ1) is 11.7. The molecule has 0 atom stereocenters. The SMILES string of the molecule is N/C(=N/O)c1ccc(-n2ccc(C(=O)O)c2)cc1. The van der Waals surface area contributed by atoms with Crippen molar-refractivity contribution in [3.8, 4) is 5.69 Å². The monoisotopic (exact) mass is 245 g/mol. The number of hydrogen-bond acceptors (Lipinski definition) is 3. The van der Waals surface area contributed by atoms with Crippen molar-refractivity contribution in [2.75, 3.05) is 0 Å². The lowest BCUT2D eigenvalue weighted by atomic mass is 10.2. The van der Waals surface area contributed by atoms with E-state index in [1.807, 2.05) is 0 Å². The summed E-state index contributed by atoms with van der Waals surface area (Å²) in [5.41, 5.74) is 7.04. The number of aromatic carboxylic acids is 1. The van der Waals surface area contributed by atoms with Crippen LogP contribution in [0.15, 0.2) is 47.9 Å². The summed E-state index contributed by atoms with van der Waals surface area (Å²) < 4.78 is 1.68. The maximum Gasteiger partial charge on any atom is 0.337 e. The second-order valence-electron chi connectivity index (χ2n) is 3.64. The van der Waals surface area contributed by atoms with Gasteiger partial charge in [0.1, 0.15) is 0 Å². The number of carboxylic acid groups (broad SMARTS) is 1. The lowest BCUT2D eigenvalue weighted by Gasteiger charge is -2.04. The standard InChI is InChI=1S/C12H11N3O3/c13-11(14-18)8-1-3-10(4-2-8)15-6-5-9(7-15)12(16)17/h1-7,18H,(H2,13,14)(H,16,17). The highest BCUT2D eigenvalue weighted by Gasteiger charge is 2.06. The average molecular weight is 245 g/mol. The van der Waals surface area contributed by atoms with E-state index < -0.39 is 5.97 Å². The maximum atomic E-state index is 10.8. The second kappa shape index (κ2) is 4.62. The number of nitrogens with two attached hydrogens (primary N) is 1. The van der Waals surface area contributed by atoms with Crippen LogP contribution in [-0.4, -0.2) is 26.7 Å². The van der Waals surface area contributed by atoms with Gasteiger partial charge in [-0.25, -0.2) is 4.79 Å². The van der Waals surface area contributed by atoms with Gasteiger partial charge in [0.2, 0.25) is 0 Å². The van der Waals surface area contributed by atoms with Gasteiger partial charge in [-0.05, 0) is 30.3 Å². The van der Waals surface area contributed by atoms with Crippen molar-refractivity contribution in [1.29, 1.82) is 0 Å². The molecule has 2 rings (SSSR count). The van der Waals surface area contributed by atoms with Gasteiger partial charge in [0.15, 0.2) is 5.84 Å². The molecule has 0 aliphatic heterocycles. The van der Waals surface area contributed by atoms with Gasteiger partial charge in [0.05, 0.1) is 5.56 Å². The minimum Gasteiger partial charge on any atom is -0.478 e. The fourth-order valence-electron chi connectivity index (χ4n) is 1.55. The van der Waals surface area contributed by atoms with Crippen LogP contribution >= 0.6 is 0 Å². The number of hydrogen-bond donors (Lipinski definition) is 3. The topological polar surface area (TPSA) is 101 Å². The van der Waals surface area contributed by atoms with E-state index in [2.05, 4.69) is 5.16 Å². The van der Waals surface area contributed by atoms with Crippen LogP contribution in [-0.2, 0) is 0 Å².